The zero-order chi connectivity index (χ0) is 20.7. The highest BCUT2D eigenvalue weighted by Crippen LogP contribution is 2.34. The number of β-amino-alcohol motifs (C(OH)–C–C–N with tert-alkyl or cyclic N) is 1. The average molecular weight is 454 g/mol. The summed E-state index contributed by atoms with van der Waals surface area (Å²) in [7, 11) is -4.15. The molecule has 0 amide bonds. The molecule has 2 aromatic rings. The maximum absolute atomic E-state index is 13.4. The third-order valence-corrected chi connectivity index (χ3v) is 6.90. The Labute approximate surface area is 169 Å². The fraction of sp³-hybridized carbons (Fsp3) is 0.294. The van der Waals surface area contributed by atoms with Gasteiger partial charge < -0.3 is 14.9 Å². The summed E-state index contributed by atoms with van der Waals surface area (Å²) in [5.41, 5.74) is -1.96. The Kier molecular flexibility index (Phi) is 5.86. The molecule has 0 spiro atoms. The van der Waals surface area contributed by atoms with E-state index in [0.717, 1.165) is 22.5 Å². The lowest BCUT2D eigenvalue weighted by atomic mass is 10.0. The number of hydrogen-bond acceptors (Lipinski definition) is 5. The molecule has 0 aromatic heterocycles. The summed E-state index contributed by atoms with van der Waals surface area (Å²) < 4.78 is 58.6. The molecule has 28 heavy (non-hydrogen) atoms. The highest BCUT2D eigenvalue weighted by atomic mass is 35.5. The summed E-state index contributed by atoms with van der Waals surface area (Å²) >= 11 is 11.8. The first kappa shape index (κ1) is 21.2. The smallest absolute Gasteiger partial charge is 0.244 e. The molecule has 152 valence electrons. The highest BCUT2D eigenvalue weighted by Gasteiger charge is 2.51. The molecule has 0 bridgehead atoms. The van der Waals surface area contributed by atoms with Gasteiger partial charge in [-0.25, -0.2) is 17.2 Å². The first-order valence-corrected chi connectivity index (χ1v) is 10.2. The average Bonchev–Trinajstić information content (AvgIpc) is 2.96. The van der Waals surface area contributed by atoms with E-state index in [1.807, 2.05) is 0 Å². The highest BCUT2D eigenvalue weighted by molar-refractivity contribution is 7.89. The second-order valence-corrected chi connectivity index (χ2v) is 9.07. The Morgan fingerprint density at radius 3 is 2.50 bits per heavy atom. The molecule has 0 aliphatic carbocycles. The van der Waals surface area contributed by atoms with Gasteiger partial charge in [0.25, 0.3) is 0 Å². The van der Waals surface area contributed by atoms with Crippen molar-refractivity contribution in [3.8, 4) is 5.75 Å². The maximum Gasteiger partial charge on any atom is 0.244 e. The van der Waals surface area contributed by atoms with Crippen molar-refractivity contribution in [3.05, 3.63) is 58.1 Å². The van der Waals surface area contributed by atoms with Gasteiger partial charge in [-0.05, 0) is 30.3 Å². The third kappa shape index (κ3) is 3.96. The zero-order valence-electron chi connectivity index (χ0n) is 14.1. The first-order valence-electron chi connectivity index (χ1n) is 7.97. The van der Waals surface area contributed by atoms with Crippen LogP contribution in [0.4, 0.5) is 8.78 Å². The van der Waals surface area contributed by atoms with Crippen LogP contribution in [0.15, 0.2) is 41.3 Å². The Morgan fingerprint density at radius 1 is 1.18 bits per heavy atom. The van der Waals surface area contributed by atoms with Crippen LogP contribution in [0.1, 0.15) is 0 Å². The van der Waals surface area contributed by atoms with E-state index >= 15 is 0 Å². The van der Waals surface area contributed by atoms with E-state index in [0.29, 0.717) is 0 Å². The van der Waals surface area contributed by atoms with Crippen molar-refractivity contribution < 1.29 is 32.1 Å². The molecule has 1 saturated heterocycles. The van der Waals surface area contributed by atoms with Crippen LogP contribution >= 0.6 is 23.2 Å². The van der Waals surface area contributed by atoms with Crippen LogP contribution in [-0.2, 0) is 10.0 Å². The van der Waals surface area contributed by atoms with E-state index in [4.69, 9.17) is 27.9 Å². The molecule has 1 fully saturated rings. The SMILES string of the molecule is O=S(=O)(c1ccc(Cl)cc1Cl)N1C[C@H](Oc2ccc(F)c(F)c2)[C@](O)(CO)C1. The number of ether oxygens (including phenoxy) is 1. The van der Waals surface area contributed by atoms with Gasteiger partial charge in [0.05, 0.1) is 18.2 Å². The van der Waals surface area contributed by atoms with Crippen LogP contribution in [0.3, 0.4) is 0 Å². The summed E-state index contributed by atoms with van der Waals surface area (Å²) in [5, 5.41) is 20.4. The van der Waals surface area contributed by atoms with Crippen molar-refractivity contribution in [1.82, 2.24) is 4.31 Å². The van der Waals surface area contributed by atoms with Gasteiger partial charge in [0.1, 0.15) is 22.4 Å². The summed E-state index contributed by atoms with van der Waals surface area (Å²) in [6.45, 7) is -1.65. The quantitative estimate of drug-likeness (QED) is 0.725. The lowest BCUT2D eigenvalue weighted by Crippen LogP contribution is -2.48. The van der Waals surface area contributed by atoms with Crippen molar-refractivity contribution in [2.75, 3.05) is 19.7 Å². The fourth-order valence-corrected chi connectivity index (χ4v) is 5.10. The molecule has 1 aliphatic rings. The normalized spacial score (nSPS) is 23.1. The first-order chi connectivity index (χ1) is 13.1. The van der Waals surface area contributed by atoms with Crippen molar-refractivity contribution in [1.29, 1.82) is 0 Å². The van der Waals surface area contributed by atoms with E-state index in [9.17, 15) is 27.4 Å². The monoisotopic (exact) mass is 453 g/mol. The van der Waals surface area contributed by atoms with Gasteiger partial charge in [0.2, 0.25) is 10.0 Å². The Bertz CT molecular complexity index is 1010. The molecule has 2 aromatic carbocycles. The Morgan fingerprint density at radius 2 is 1.89 bits per heavy atom. The standard InChI is InChI=1S/C17H15Cl2F2NO5S/c18-10-1-4-15(12(19)5-10)28(25,26)22-7-16(17(24,8-22)9-23)27-11-2-3-13(20)14(21)6-11/h1-6,16,23-24H,7-9H2/t16-,17+/m0/s1. The molecule has 0 radical (unpaired) electrons. The fourth-order valence-electron chi connectivity index (χ4n) is 2.85. The van der Waals surface area contributed by atoms with Gasteiger partial charge >= 0.3 is 0 Å². The minimum atomic E-state index is -4.15. The molecule has 2 N–H and O–H groups in total. The minimum Gasteiger partial charge on any atom is -0.486 e. The molecule has 1 heterocycles. The van der Waals surface area contributed by atoms with Gasteiger partial charge in [0.15, 0.2) is 11.6 Å². The van der Waals surface area contributed by atoms with Crippen LogP contribution in [0.2, 0.25) is 10.0 Å². The molecule has 11 heteroatoms. The summed E-state index contributed by atoms with van der Waals surface area (Å²) in [6, 6.07) is 6.56. The van der Waals surface area contributed by atoms with Gasteiger partial charge in [0, 0.05) is 17.6 Å². The van der Waals surface area contributed by atoms with E-state index in [1.165, 1.54) is 18.2 Å². The van der Waals surface area contributed by atoms with Crippen LogP contribution < -0.4 is 4.74 Å². The van der Waals surface area contributed by atoms with Crippen molar-refractivity contribution >= 4 is 33.2 Å². The second-order valence-electron chi connectivity index (χ2n) is 6.32. The molecule has 0 saturated carbocycles. The molecule has 6 nitrogen and oxygen atoms in total. The number of sulfonamides is 1. The number of benzene rings is 2. The number of halogens is 4. The van der Waals surface area contributed by atoms with Crippen LogP contribution in [0.5, 0.6) is 5.75 Å². The van der Waals surface area contributed by atoms with Crippen LogP contribution in [-0.4, -0.2) is 54.3 Å². The Balaban J connectivity index is 1.89. The molecule has 2 atom stereocenters. The molecular weight excluding hydrogens is 439 g/mol. The van der Waals surface area contributed by atoms with Gasteiger partial charge in [-0.3, -0.25) is 0 Å². The number of aliphatic hydroxyl groups excluding tert-OH is 1. The number of nitrogens with zero attached hydrogens (tertiary/aromatic N) is 1. The predicted molar refractivity (Wildman–Crippen MR) is 98.0 cm³/mol. The zero-order valence-corrected chi connectivity index (χ0v) is 16.5. The topological polar surface area (TPSA) is 87.1 Å². The van der Waals surface area contributed by atoms with Crippen LogP contribution in [0, 0.1) is 11.6 Å². The second kappa shape index (κ2) is 7.74. The Hall–Kier alpha value is -1.49. The van der Waals surface area contributed by atoms with Crippen molar-refractivity contribution in [2.24, 2.45) is 0 Å². The molecule has 3 rings (SSSR count). The van der Waals surface area contributed by atoms with Gasteiger partial charge in [-0.2, -0.15) is 4.31 Å². The van der Waals surface area contributed by atoms with Crippen molar-refractivity contribution in [2.45, 2.75) is 16.6 Å². The molecule has 0 unspecified atom stereocenters. The summed E-state index contributed by atoms with van der Waals surface area (Å²) in [6.07, 6.45) is -1.23. The number of aliphatic hydroxyl groups is 2. The number of hydrogen-bond donors (Lipinski definition) is 2. The van der Waals surface area contributed by atoms with E-state index in [2.05, 4.69) is 0 Å². The summed E-state index contributed by atoms with van der Waals surface area (Å²) in [4.78, 5) is -0.229. The van der Waals surface area contributed by atoms with E-state index in [1.54, 1.807) is 0 Å². The number of rotatable bonds is 5. The largest absolute Gasteiger partial charge is 0.486 e. The summed E-state index contributed by atoms with van der Waals surface area (Å²) in [5.74, 6) is -2.38. The van der Waals surface area contributed by atoms with E-state index in [-0.39, 0.29) is 27.2 Å². The van der Waals surface area contributed by atoms with Gasteiger partial charge in [-0.15, -0.1) is 0 Å². The third-order valence-electron chi connectivity index (χ3n) is 4.37. The minimum absolute atomic E-state index is 0.106. The molecule has 1 aliphatic heterocycles. The van der Waals surface area contributed by atoms with E-state index < -0.39 is 46.5 Å². The molecular formula is C17H15Cl2F2NO5S. The van der Waals surface area contributed by atoms with Crippen molar-refractivity contribution in [3.63, 3.8) is 0 Å². The predicted octanol–water partition coefficient (Wildman–Crippen LogP) is 2.45. The maximum atomic E-state index is 13.4. The lowest BCUT2D eigenvalue weighted by molar-refractivity contribution is -0.0641. The van der Waals surface area contributed by atoms with Gasteiger partial charge in [-0.1, -0.05) is 23.2 Å². The lowest BCUT2D eigenvalue weighted by Gasteiger charge is -2.27. The van der Waals surface area contributed by atoms with Crippen LogP contribution in [0.25, 0.3) is 0 Å².